The zero-order chi connectivity index (χ0) is 26.2. The summed E-state index contributed by atoms with van der Waals surface area (Å²) in [5.74, 6) is 3.51. The highest BCUT2D eigenvalue weighted by Gasteiger charge is 2.18. The first-order valence-electron chi connectivity index (χ1n) is 11.3. The number of nitrogens with zero attached hydrogens (tertiary/aromatic N) is 2. The number of pyridine rings is 1. The minimum Gasteiger partial charge on any atom is -0.497 e. The van der Waals surface area contributed by atoms with Crippen molar-refractivity contribution in [3.8, 4) is 23.0 Å². The van der Waals surface area contributed by atoms with Crippen LogP contribution in [-0.4, -0.2) is 33.4 Å². The van der Waals surface area contributed by atoms with Crippen LogP contribution in [0, 0.1) is 0 Å². The van der Waals surface area contributed by atoms with Gasteiger partial charge in [0.15, 0.2) is 0 Å². The van der Waals surface area contributed by atoms with Crippen LogP contribution in [0.2, 0.25) is 5.15 Å². The van der Waals surface area contributed by atoms with Gasteiger partial charge in [-0.25, -0.2) is 4.98 Å². The molecule has 0 bridgehead atoms. The summed E-state index contributed by atoms with van der Waals surface area (Å²) in [4.78, 5) is 6.84. The maximum atomic E-state index is 6.48. The van der Waals surface area contributed by atoms with E-state index in [1.54, 1.807) is 40.6 Å². The highest BCUT2D eigenvalue weighted by atomic mass is 35.5. The largest absolute Gasteiger partial charge is 0.497 e. The number of nitrogens with two attached hydrogens (primary N) is 1. The van der Waals surface area contributed by atoms with Crippen LogP contribution < -0.4 is 40.0 Å². The van der Waals surface area contributed by atoms with Crippen LogP contribution >= 0.6 is 11.6 Å². The van der Waals surface area contributed by atoms with E-state index in [1.807, 2.05) is 49.4 Å². The van der Waals surface area contributed by atoms with E-state index in [0.29, 0.717) is 52.8 Å². The van der Waals surface area contributed by atoms with Crippen molar-refractivity contribution in [2.45, 2.75) is 20.0 Å². The lowest BCUT2D eigenvalue weighted by atomic mass is 10.1. The molecule has 0 spiro atoms. The smallest absolute Gasteiger partial charge is 0.138 e. The Bertz CT molecular complexity index is 1300. The van der Waals surface area contributed by atoms with Gasteiger partial charge in [-0.15, -0.1) is 0 Å². The molecule has 0 saturated carbocycles. The van der Waals surface area contributed by atoms with E-state index in [2.05, 4.69) is 11.5 Å². The number of aromatic nitrogens is 1. The van der Waals surface area contributed by atoms with Crippen molar-refractivity contribution >= 4 is 29.6 Å². The Morgan fingerprint density at radius 3 is 1.86 bits per heavy atom. The van der Waals surface area contributed by atoms with Crippen LogP contribution in [-0.2, 0) is 13.1 Å². The summed E-state index contributed by atoms with van der Waals surface area (Å²) in [6, 6.07) is 13.3. The lowest BCUT2D eigenvalue weighted by molar-refractivity contribution is 0.389. The molecule has 0 aliphatic rings. The molecule has 1 heterocycles. The van der Waals surface area contributed by atoms with Crippen molar-refractivity contribution in [2.75, 3.05) is 33.3 Å². The first-order chi connectivity index (χ1) is 17.3. The third kappa shape index (κ3) is 6.23. The van der Waals surface area contributed by atoms with Crippen molar-refractivity contribution in [1.29, 1.82) is 0 Å². The van der Waals surface area contributed by atoms with Crippen LogP contribution in [0.15, 0.2) is 54.7 Å². The molecule has 0 saturated heterocycles. The molecule has 0 atom stereocenters. The van der Waals surface area contributed by atoms with Crippen molar-refractivity contribution in [3.05, 3.63) is 81.5 Å². The minimum atomic E-state index is 0.344. The molecule has 2 aromatic carbocycles. The Labute approximate surface area is 217 Å². The number of methoxy groups -OCH3 is 4. The molecule has 1 aromatic heterocycles. The fraction of sp³-hybridized carbons (Fsp3) is 0.250. The van der Waals surface area contributed by atoms with Crippen molar-refractivity contribution in [1.82, 2.24) is 4.98 Å². The molecule has 0 aliphatic carbocycles. The topological polar surface area (TPSA) is 79.1 Å². The second-order valence-corrected chi connectivity index (χ2v) is 8.38. The first-order valence-corrected chi connectivity index (χ1v) is 11.7. The van der Waals surface area contributed by atoms with E-state index in [1.165, 1.54) is 0 Å². The van der Waals surface area contributed by atoms with Crippen LogP contribution in [0.1, 0.15) is 18.1 Å². The van der Waals surface area contributed by atoms with Crippen LogP contribution in [0.4, 0.5) is 5.82 Å². The highest BCUT2D eigenvalue weighted by molar-refractivity contribution is 6.29. The van der Waals surface area contributed by atoms with Gasteiger partial charge in [-0.1, -0.05) is 24.3 Å². The molecule has 0 radical (unpaired) electrons. The SMILES string of the molecule is C=C(N)/C=c1/cc(Cl)nc(N(Cc2ccc(OC)cc2OC)Cc2ccc(OC)cc2OC)/c1=C/C. The van der Waals surface area contributed by atoms with E-state index >= 15 is 0 Å². The van der Waals surface area contributed by atoms with E-state index in [4.69, 9.17) is 41.3 Å². The van der Waals surface area contributed by atoms with Gasteiger partial charge >= 0.3 is 0 Å². The molecule has 3 aromatic rings. The number of anilines is 1. The molecule has 3 rings (SSSR count). The molecule has 0 unspecified atom stereocenters. The first kappa shape index (κ1) is 26.8. The second kappa shape index (κ2) is 12.2. The zero-order valence-electron chi connectivity index (χ0n) is 21.3. The fourth-order valence-electron chi connectivity index (χ4n) is 3.97. The molecule has 190 valence electrons. The second-order valence-electron chi connectivity index (χ2n) is 7.99. The molecule has 0 aliphatic heterocycles. The number of hydrogen-bond donors (Lipinski definition) is 1. The predicted molar refractivity (Wildman–Crippen MR) is 145 cm³/mol. The minimum absolute atomic E-state index is 0.344. The van der Waals surface area contributed by atoms with Crippen LogP contribution in [0.5, 0.6) is 23.0 Å². The monoisotopic (exact) mass is 509 g/mol. The van der Waals surface area contributed by atoms with Gasteiger partial charge < -0.3 is 29.6 Å². The predicted octanol–water partition coefficient (Wildman–Crippen LogP) is 4.03. The Hall–Kier alpha value is -3.84. The number of rotatable bonds is 10. The Morgan fingerprint density at radius 1 is 0.917 bits per heavy atom. The fourth-order valence-corrected chi connectivity index (χ4v) is 4.16. The average Bonchev–Trinajstić information content (AvgIpc) is 2.87. The third-order valence-electron chi connectivity index (χ3n) is 5.68. The summed E-state index contributed by atoms with van der Waals surface area (Å²) in [6.07, 6.45) is 3.77. The Morgan fingerprint density at radius 2 is 1.44 bits per heavy atom. The van der Waals surface area contributed by atoms with E-state index in [-0.39, 0.29) is 0 Å². The summed E-state index contributed by atoms with van der Waals surface area (Å²) in [7, 11) is 6.52. The van der Waals surface area contributed by atoms with Gasteiger partial charge in [-0.3, -0.25) is 0 Å². The Balaban J connectivity index is 2.22. The van der Waals surface area contributed by atoms with Crippen LogP contribution in [0.25, 0.3) is 12.2 Å². The van der Waals surface area contributed by atoms with Gasteiger partial charge in [0.25, 0.3) is 0 Å². The number of allylic oxidation sites excluding steroid dienone is 1. The van der Waals surface area contributed by atoms with E-state index in [0.717, 1.165) is 21.6 Å². The molecular formula is C28H32ClN3O4. The molecule has 36 heavy (non-hydrogen) atoms. The summed E-state index contributed by atoms with van der Waals surface area (Å²) in [5, 5.41) is 2.05. The highest BCUT2D eigenvalue weighted by Crippen LogP contribution is 2.30. The molecular weight excluding hydrogens is 478 g/mol. The van der Waals surface area contributed by atoms with Gasteiger partial charge in [0.2, 0.25) is 0 Å². The molecule has 7 nitrogen and oxygen atoms in total. The standard InChI is InChI=1S/C28H32ClN3O4/c1-7-24-21(12-18(2)30)13-27(29)31-28(24)32(16-19-8-10-22(33-3)14-25(19)35-5)17-20-9-11-23(34-4)15-26(20)36-6/h7-15H,2,16-17,30H2,1,3-6H3/b21-12-,24-7+. The van der Waals surface area contributed by atoms with E-state index in [9.17, 15) is 0 Å². The van der Waals surface area contributed by atoms with Crippen molar-refractivity contribution in [2.24, 2.45) is 5.73 Å². The summed E-state index contributed by atoms with van der Waals surface area (Å²) in [5.41, 5.74) is 8.22. The number of ether oxygens (including phenoxy) is 4. The normalized spacial score (nSPS) is 11.8. The summed E-state index contributed by atoms with van der Waals surface area (Å²) in [6.45, 7) is 6.71. The maximum absolute atomic E-state index is 6.48. The molecule has 8 heteroatoms. The van der Waals surface area contributed by atoms with Crippen molar-refractivity contribution in [3.63, 3.8) is 0 Å². The van der Waals surface area contributed by atoms with Gasteiger partial charge in [-0.2, -0.15) is 0 Å². The molecule has 2 N–H and O–H groups in total. The van der Waals surface area contributed by atoms with Gasteiger partial charge in [-0.05, 0) is 48.6 Å². The van der Waals surface area contributed by atoms with Crippen molar-refractivity contribution < 1.29 is 18.9 Å². The molecule has 0 amide bonds. The average molecular weight is 510 g/mol. The molecule has 0 fully saturated rings. The summed E-state index contributed by atoms with van der Waals surface area (Å²) >= 11 is 6.48. The number of hydrogen-bond acceptors (Lipinski definition) is 7. The van der Waals surface area contributed by atoms with E-state index < -0.39 is 0 Å². The number of halogens is 1. The summed E-state index contributed by atoms with van der Waals surface area (Å²) < 4.78 is 22.1. The lowest BCUT2D eigenvalue weighted by Gasteiger charge is -2.27. The van der Waals surface area contributed by atoms with Gasteiger partial charge in [0.1, 0.15) is 34.0 Å². The lowest BCUT2D eigenvalue weighted by Crippen LogP contribution is -2.36. The quantitative estimate of drug-likeness (QED) is 0.413. The van der Waals surface area contributed by atoms with Crippen LogP contribution in [0.3, 0.4) is 0 Å². The third-order valence-corrected chi connectivity index (χ3v) is 5.87. The zero-order valence-corrected chi connectivity index (χ0v) is 22.1. The Kier molecular flexibility index (Phi) is 9.08. The van der Waals surface area contributed by atoms with Gasteiger partial charge in [0.05, 0.1) is 28.4 Å². The maximum Gasteiger partial charge on any atom is 0.138 e. The number of benzene rings is 2. The van der Waals surface area contributed by atoms with Gasteiger partial charge in [0, 0.05) is 47.3 Å².